The number of carbonyl (C=O) groups excluding carboxylic acids is 1. The highest BCUT2D eigenvalue weighted by atomic mass is 32.1. The van der Waals surface area contributed by atoms with Crippen LogP contribution in [0.4, 0.5) is 0 Å². The van der Waals surface area contributed by atoms with Crippen LogP contribution in [0.25, 0.3) is 0 Å². The van der Waals surface area contributed by atoms with Gasteiger partial charge in [-0.3, -0.25) is 4.79 Å². The number of hydrogen-bond acceptors (Lipinski definition) is 4. The van der Waals surface area contributed by atoms with Crippen LogP contribution < -0.4 is 14.8 Å². The minimum atomic E-state index is -0.120. The lowest BCUT2D eigenvalue weighted by Crippen LogP contribution is -2.36. The maximum atomic E-state index is 12.3. The summed E-state index contributed by atoms with van der Waals surface area (Å²) in [5.41, 5.74) is 0.458. The Balaban J connectivity index is 2.06. The van der Waals surface area contributed by atoms with Crippen molar-refractivity contribution in [1.29, 1.82) is 0 Å². The highest BCUT2D eigenvalue weighted by molar-refractivity contribution is 7.10. The second-order valence-corrected chi connectivity index (χ2v) is 6.56. The van der Waals surface area contributed by atoms with E-state index in [-0.39, 0.29) is 11.3 Å². The normalized spacial score (nSPS) is 11.1. The van der Waals surface area contributed by atoms with E-state index in [1.54, 1.807) is 43.8 Å². The van der Waals surface area contributed by atoms with Gasteiger partial charge in [-0.1, -0.05) is 19.9 Å². The Labute approximate surface area is 135 Å². The summed E-state index contributed by atoms with van der Waals surface area (Å²) >= 11 is 1.70. The lowest BCUT2D eigenvalue weighted by molar-refractivity contribution is 0.0945. The summed E-state index contributed by atoms with van der Waals surface area (Å²) in [5, 5.41) is 5.04. The van der Waals surface area contributed by atoms with Crippen molar-refractivity contribution in [3.8, 4) is 11.5 Å². The van der Waals surface area contributed by atoms with E-state index in [0.717, 1.165) is 0 Å². The van der Waals surface area contributed by atoms with Crippen molar-refractivity contribution in [2.75, 3.05) is 20.8 Å². The zero-order valence-corrected chi connectivity index (χ0v) is 14.1. The van der Waals surface area contributed by atoms with Gasteiger partial charge in [0.05, 0.1) is 14.2 Å². The first-order chi connectivity index (χ1) is 10.5. The molecule has 2 rings (SSSR count). The fraction of sp³-hybridized carbons (Fsp3) is 0.353. The van der Waals surface area contributed by atoms with Gasteiger partial charge in [0.25, 0.3) is 5.91 Å². The first-order valence-electron chi connectivity index (χ1n) is 7.02. The minimum Gasteiger partial charge on any atom is -0.493 e. The van der Waals surface area contributed by atoms with Gasteiger partial charge in [-0.2, -0.15) is 0 Å². The molecule has 0 unspecified atom stereocenters. The lowest BCUT2D eigenvalue weighted by Gasteiger charge is -2.23. The number of hydrogen-bond donors (Lipinski definition) is 1. The molecule has 0 bridgehead atoms. The van der Waals surface area contributed by atoms with Gasteiger partial charge < -0.3 is 14.8 Å². The Kier molecular flexibility index (Phi) is 5.08. The van der Waals surface area contributed by atoms with Crippen LogP contribution in [-0.2, 0) is 5.41 Å². The molecule has 0 fully saturated rings. The van der Waals surface area contributed by atoms with Crippen LogP contribution in [0.5, 0.6) is 11.5 Å². The molecule has 1 aromatic heterocycles. The summed E-state index contributed by atoms with van der Waals surface area (Å²) in [7, 11) is 3.13. The van der Waals surface area contributed by atoms with E-state index < -0.39 is 0 Å². The van der Waals surface area contributed by atoms with Crippen LogP contribution in [-0.4, -0.2) is 26.7 Å². The van der Waals surface area contributed by atoms with Crippen molar-refractivity contribution in [1.82, 2.24) is 5.32 Å². The predicted molar refractivity (Wildman–Crippen MR) is 89.2 cm³/mol. The van der Waals surface area contributed by atoms with E-state index in [1.165, 1.54) is 4.88 Å². The van der Waals surface area contributed by atoms with Crippen LogP contribution in [0.3, 0.4) is 0 Å². The number of carbonyl (C=O) groups is 1. The summed E-state index contributed by atoms with van der Waals surface area (Å²) < 4.78 is 10.4. The molecule has 1 aromatic carbocycles. The Morgan fingerprint density at radius 2 is 1.91 bits per heavy atom. The number of nitrogens with one attached hydrogen (secondary N) is 1. The molecule has 22 heavy (non-hydrogen) atoms. The fourth-order valence-electron chi connectivity index (χ4n) is 2.13. The second kappa shape index (κ2) is 6.83. The Bertz CT molecular complexity index is 635. The van der Waals surface area contributed by atoms with Crippen LogP contribution >= 0.6 is 11.3 Å². The Morgan fingerprint density at radius 1 is 1.18 bits per heavy atom. The van der Waals surface area contributed by atoms with Gasteiger partial charge in [-0.15, -0.1) is 11.3 Å². The van der Waals surface area contributed by atoms with E-state index in [9.17, 15) is 4.79 Å². The van der Waals surface area contributed by atoms with Crippen LogP contribution in [0.2, 0.25) is 0 Å². The SMILES string of the molecule is COc1ccc(C(=O)NCC(C)(C)c2cccs2)cc1OC. The van der Waals surface area contributed by atoms with Crippen molar-refractivity contribution in [3.05, 3.63) is 46.2 Å². The number of benzene rings is 1. The molecule has 0 aliphatic rings. The molecule has 118 valence electrons. The molecule has 1 heterocycles. The zero-order valence-electron chi connectivity index (χ0n) is 13.3. The van der Waals surface area contributed by atoms with Crippen molar-refractivity contribution in [3.63, 3.8) is 0 Å². The molecule has 5 heteroatoms. The maximum absolute atomic E-state index is 12.3. The molecule has 1 N–H and O–H groups in total. The van der Waals surface area contributed by atoms with Gasteiger partial charge in [0.2, 0.25) is 0 Å². The smallest absolute Gasteiger partial charge is 0.251 e. The Morgan fingerprint density at radius 3 is 2.50 bits per heavy atom. The largest absolute Gasteiger partial charge is 0.493 e. The summed E-state index contributed by atoms with van der Waals surface area (Å²) in [6, 6.07) is 9.27. The monoisotopic (exact) mass is 319 g/mol. The van der Waals surface area contributed by atoms with E-state index in [0.29, 0.717) is 23.6 Å². The highest BCUT2D eigenvalue weighted by Crippen LogP contribution is 2.28. The topological polar surface area (TPSA) is 47.6 Å². The van der Waals surface area contributed by atoms with Gasteiger partial charge in [0.15, 0.2) is 11.5 Å². The third-order valence-corrected chi connectivity index (χ3v) is 4.76. The summed E-state index contributed by atoms with van der Waals surface area (Å²) in [4.78, 5) is 13.6. The number of thiophene rings is 1. The molecular formula is C17H21NO3S. The van der Waals surface area contributed by atoms with Crippen LogP contribution in [0.1, 0.15) is 29.1 Å². The average molecular weight is 319 g/mol. The Hall–Kier alpha value is -2.01. The van der Waals surface area contributed by atoms with Crippen molar-refractivity contribution in [2.45, 2.75) is 19.3 Å². The summed E-state index contributed by atoms with van der Waals surface area (Å²) in [5.74, 6) is 1.04. The maximum Gasteiger partial charge on any atom is 0.251 e. The van der Waals surface area contributed by atoms with Crippen molar-refractivity contribution in [2.24, 2.45) is 0 Å². The highest BCUT2D eigenvalue weighted by Gasteiger charge is 2.23. The van der Waals surface area contributed by atoms with Crippen molar-refractivity contribution >= 4 is 17.2 Å². The van der Waals surface area contributed by atoms with Gasteiger partial charge in [-0.25, -0.2) is 0 Å². The molecule has 0 saturated carbocycles. The molecule has 0 spiro atoms. The van der Waals surface area contributed by atoms with Crippen LogP contribution in [0, 0.1) is 0 Å². The molecule has 0 aliphatic carbocycles. The van der Waals surface area contributed by atoms with Crippen molar-refractivity contribution < 1.29 is 14.3 Å². The number of ether oxygens (including phenoxy) is 2. The lowest BCUT2D eigenvalue weighted by atomic mass is 9.91. The molecule has 0 aliphatic heterocycles. The minimum absolute atomic E-state index is 0.0968. The average Bonchev–Trinajstić information content (AvgIpc) is 3.07. The molecule has 0 radical (unpaired) electrons. The predicted octanol–water partition coefficient (Wildman–Crippen LogP) is 3.47. The molecule has 1 amide bonds. The number of amides is 1. The standard InChI is InChI=1S/C17H21NO3S/c1-17(2,15-6-5-9-22-15)11-18-16(19)12-7-8-13(20-3)14(10-12)21-4/h5-10H,11H2,1-4H3,(H,18,19). The second-order valence-electron chi connectivity index (χ2n) is 5.61. The molecule has 2 aromatic rings. The van der Waals surface area contributed by atoms with Gasteiger partial charge in [-0.05, 0) is 29.6 Å². The quantitative estimate of drug-likeness (QED) is 0.887. The first kappa shape index (κ1) is 16.4. The van der Waals surface area contributed by atoms with E-state index >= 15 is 0 Å². The molecule has 4 nitrogen and oxygen atoms in total. The summed E-state index contributed by atoms with van der Waals surface area (Å²) in [6.45, 7) is 4.81. The van der Waals surface area contributed by atoms with E-state index in [4.69, 9.17) is 9.47 Å². The van der Waals surface area contributed by atoms with Gasteiger partial charge in [0.1, 0.15) is 0 Å². The fourth-order valence-corrected chi connectivity index (χ4v) is 2.98. The van der Waals surface area contributed by atoms with Gasteiger partial charge in [0, 0.05) is 22.4 Å². The third-order valence-electron chi connectivity index (χ3n) is 3.52. The molecular weight excluding hydrogens is 298 g/mol. The van der Waals surface area contributed by atoms with Crippen LogP contribution in [0.15, 0.2) is 35.7 Å². The van der Waals surface area contributed by atoms with E-state index in [2.05, 4.69) is 25.2 Å². The zero-order chi connectivity index (χ0) is 16.2. The third kappa shape index (κ3) is 3.60. The number of rotatable bonds is 6. The number of methoxy groups -OCH3 is 2. The van der Waals surface area contributed by atoms with E-state index in [1.807, 2.05) is 11.4 Å². The summed E-state index contributed by atoms with van der Waals surface area (Å²) in [6.07, 6.45) is 0. The van der Waals surface area contributed by atoms with Gasteiger partial charge >= 0.3 is 0 Å². The molecule has 0 atom stereocenters. The molecule has 0 saturated heterocycles. The first-order valence-corrected chi connectivity index (χ1v) is 7.90.